The van der Waals surface area contributed by atoms with Crippen LogP contribution in [-0.4, -0.2) is 42.1 Å². The predicted molar refractivity (Wildman–Crippen MR) is 84.6 cm³/mol. The topological polar surface area (TPSA) is 80.2 Å². The van der Waals surface area contributed by atoms with Gasteiger partial charge in [-0.3, -0.25) is 4.79 Å². The molecule has 0 spiro atoms. The van der Waals surface area contributed by atoms with E-state index < -0.39 is 0 Å². The van der Waals surface area contributed by atoms with Gasteiger partial charge in [-0.25, -0.2) is 15.0 Å². The molecule has 1 N–H and O–H groups in total. The molecule has 0 saturated carbocycles. The maximum atomic E-state index is 12.3. The molecule has 0 aliphatic heterocycles. The van der Waals surface area contributed by atoms with E-state index >= 15 is 0 Å². The van der Waals surface area contributed by atoms with Crippen molar-refractivity contribution in [1.29, 1.82) is 0 Å². The molecule has 2 rings (SSSR count). The van der Waals surface area contributed by atoms with Crippen molar-refractivity contribution in [2.45, 2.75) is 13.8 Å². The first-order valence-electron chi connectivity index (χ1n) is 6.76. The fraction of sp³-hybridized carbons (Fsp3) is 0.333. The van der Waals surface area contributed by atoms with E-state index in [0.29, 0.717) is 34.5 Å². The first kappa shape index (κ1) is 15.7. The molecule has 22 heavy (non-hydrogen) atoms. The number of ether oxygens (including phenoxy) is 1. The zero-order valence-corrected chi connectivity index (χ0v) is 13.3. The molecule has 2 heterocycles. The van der Waals surface area contributed by atoms with Gasteiger partial charge in [0, 0.05) is 26.4 Å². The van der Waals surface area contributed by atoms with Gasteiger partial charge in [0.1, 0.15) is 0 Å². The van der Waals surface area contributed by atoms with Gasteiger partial charge in [-0.05, 0) is 19.9 Å². The number of aryl methyl sites for hydroxylation is 2. The SMILES string of the molecule is COc1ccc(C(=O)Nc2c(C)nc(N(C)C)nc2C)cn1. The number of carbonyl (C=O) groups excluding carboxylic acids is 1. The van der Waals surface area contributed by atoms with Gasteiger partial charge in [0.25, 0.3) is 5.91 Å². The Bertz CT molecular complexity index is 660. The molecule has 0 radical (unpaired) electrons. The Hall–Kier alpha value is -2.70. The van der Waals surface area contributed by atoms with Gasteiger partial charge in [0.2, 0.25) is 11.8 Å². The van der Waals surface area contributed by atoms with Crippen LogP contribution in [0.2, 0.25) is 0 Å². The molecule has 0 aromatic carbocycles. The van der Waals surface area contributed by atoms with Crippen LogP contribution in [0.25, 0.3) is 0 Å². The summed E-state index contributed by atoms with van der Waals surface area (Å²) in [7, 11) is 5.27. The third kappa shape index (κ3) is 3.30. The lowest BCUT2D eigenvalue weighted by Gasteiger charge is -2.15. The number of nitrogens with zero attached hydrogens (tertiary/aromatic N) is 4. The Labute approximate surface area is 129 Å². The second-order valence-corrected chi connectivity index (χ2v) is 5.01. The molecule has 0 atom stereocenters. The summed E-state index contributed by atoms with van der Waals surface area (Å²) >= 11 is 0. The largest absolute Gasteiger partial charge is 0.481 e. The molecule has 0 aliphatic rings. The van der Waals surface area contributed by atoms with Crippen LogP contribution in [0.15, 0.2) is 18.3 Å². The summed E-state index contributed by atoms with van der Waals surface area (Å²) in [6.07, 6.45) is 1.47. The number of methoxy groups -OCH3 is 1. The van der Waals surface area contributed by atoms with Crippen LogP contribution < -0.4 is 15.0 Å². The highest BCUT2D eigenvalue weighted by molar-refractivity contribution is 6.04. The van der Waals surface area contributed by atoms with E-state index in [2.05, 4.69) is 20.3 Å². The quantitative estimate of drug-likeness (QED) is 0.927. The maximum absolute atomic E-state index is 12.3. The fourth-order valence-electron chi connectivity index (χ4n) is 1.90. The number of nitrogens with one attached hydrogen (secondary N) is 1. The van der Waals surface area contributed by atoms with E-state index in [1.165, 1.54) is 13.3 Å². The first-order valence-corrected chi connectivity index (χ1v) is 6.76. The number of hydrogen-bond donors (Lipinski definition) is 1. The highest BCUT2D eigenvalue weighted by Gasteiger charge is 2.14. The molecule has 0 aliphatic carbocycles. The molecule has 7 nitrogen and oxygen atoms in total. The van der Waals surface area contributed by atoms with Crippen molar-refractivity contribution >= 4 is 17.5 Å². The van der Waals surface area contributed by atoms with Gasteiger partial charge in [-0.2, -0.15) is 0 Å². The lowest BCUT2D eigenvalue weighted by Crippen LogP contribution is -2.18. The van der Waals surface area contributed by atoms with Crippen LogP contribution in [-0.2, 0) is 0 Å². The lowest BCUT2D eigenvalue weighted by molar-refractivity contribution is 0.102. The molecule has 116 valence electrons. The monoisotopic (exact) mass is 301 g/mol. The van der Waals surface area contributed by atoms with E-state index in [0.717, 1.165) is 0 Å². The minimum Gasteiger partial charge on any atom is -0.481 e. The summed E-state index contributed by atoms with van der Waals surface area (Å²) in [4.78, 5) is 26.9. The highest BCUT2D eigenvalue weighted by Crippen LogP contribution is 2.20. The molecule has 0 bridgehead atoms. The molecule has 1 amide bonds. The summed E-state index contributed by atoms with van der Waals surface area (Å²) in [5.41, 5.74) is 2.49. The smallest absolute Gasteiger partial charge is 0.257 e. The molecule has 0 fully saturated rings. The zero-order valence-electron chi connectivity index (χ0n) is 13.3. The molecular formula is C15H19N5O2. The number of anilines is 2. The number of aromatic nitrogens is 3. The Morgan fingerprint density at radius 2 is 1.82 bits per heavy atom. The normalized spacial score (nSPS) is 10.2. The van der Waals surface area contributed by atoms with Gasteiger partial charge < -0.3 is 15.0 Å². The van der Waals surface area contributed by atoms with Gasteiger partial charge in [-0.15, -0.1) is 0 Å². The van der Waals surface area contributed by atoms with E-state index in [4.69, 9.17) is 4.74 Å². The van der Waals surface area contributed by atoms with E-state index in [-0.39, 0.29) is 5.91 Å². The summed E-state index contributed by atoms with van der Waals surface area (Å²) in [6, 6.07) is 3.29. The van der Waals surface area contributed by atoms with Crippen molar-refractivity contribution < 1.29 is 9.53 Å². The van der Waals surface area contributed by atoms with Crippen molar-refractivity contribution in [1.82, 2.24) is 15.0 Å². The average Bonchev–Trinajstić information content (AvgIpc) is 2.50. The standard InChI is InChI=1S/C15H19N5O2/c1-9-13(10(2)18-15(17-9)20(3)4)19-14(21)11-6-7-12(22-5)16-8-11/h6-8H,1-5H3,(H,19,21). The average molecular weight is 301 g/mol. The van der Waals surface area contributed by atoms with E-state index in [9.17, 15) is 4.79 Å². The molecule has 0 unspecified atom stereocenters. The number of hydrogen-bond acceptors (Lipinski definition) is 6. The second kappa shape index (κ2) is 6.38. The van der Waals surface area contributed by atoms with Crippen LogP contribution in [0.1, 0.15) is 21.7 Å². The molecule has 2 aromatic rings. The second-order valence-electron chi connectivity index (χ2n) is 5.01. The lowest BCUT2D eigenvalue weighted by atomic mass is 10.2. The number of rotatable bonds is 4. The predicted octanol–water partition coefficient (Wildman–Crippen LogP) is 1.82. The highest BCUT2D eigenvalue weighted by atomic mass is 16.5. The van der Waals surface area contributed by atoms with Crippen molar-refractivity contribution in [2.75, 3.05) is 31.4 Å². The summed E-state index contributed by atoms with van der Waals surface area (Å²) < 4.78 is 4.97. The first-order chi connectivity index (χ1) is 10.4. The zero-order chi connectivity index (χ0) is 16.3. The molecular weight excluding hydrogens is 282 g/mol. The van der Waals surface area contributed by atoms with Crippen LogP contribution in [0.4, 0.5) is 11.6 Å². The van der Waals surface area contributed by atoms with E-state index in [1.807, 2.05) is 32.8 Å². The van der Waals surface area contributed by atoms with Crippen molar-refractivity contribution in [3.63, 3.8) is 0 Å². The van der Waals surface area contributed by atoms with Crippen molar-refractivity contribution in [2.24, 2.45) is 0 Å². The van der Waals surface area contributed by atoms with Crippen LogP contribution in [0.5, 0.6) is 5.88 Å². The fourth-order valence-corrected chi connectivity index (χ4v) is 1.90. The van der Waals surface area contributed by atoms with Gasteiger partial charge >= 0.3 is 0 Å². The molecule has 2 aromatic heterocycles. The van der Waals surface area contributed by atoms with Crippen LogP contribution in [0.3, 0.4) is 0 Å². The Kier molecular flexibility index (Phi) is 4.55. The maximum Gasteiger partial charge on any atom is 0.257 e. The number of amides is 1. The minimum atomic E-state index is -0.262. The van der Waals surface area contributed by atoms with Crippen LogP contribution in [0, 0.1) is 13.8 Å². The minimum absolute atomic E-state index is 0.262. The third-order valence-electron chi connectivity index (χ3n) is 3.11. The Morgan fingerprint density at radius 3 is 2.27 bits per heavy atom. The van der Waals surface area contributed by atoms with Crippen molar-refractivity contribution in [3.05, 3.63) is 35.3 Å². The third-order valence-corrected chi connectivity index (χ3v) is 3.11. The van der Waals surface area contributed by atoms with E-state index in [1.54, 1.807) is 12.1 Å². The van der Waals surface area contributed by atoms with Gasteiger partial charge in [0.05, 0.1) is 29.7 Å². The number of pyridine rings is 1. The van der Waals surface area contributed by atoms with Crippen molar-refractivity contribution in [3.8, 4) is 5.88 Å². The Morgan fingerprint density at radius 1 is 1.18 bits per heavy atom. The number of carbonyl (C=O) groups is 1. The summed E-state index contributed by atoms with van der Waals surface area (Å²) in [5.74, 6) is 0.809. The summed E-state index contributed by atoms with van der Waals surface area (Å²) in [5, 5.41) is 2.84. The van der Waals surface area contributed by atoms with Gasteiger partial charge in [-0.1, -0.05) is 0 Å². The molecule has 7 heteroatoms. The molecule has 0 saturated heterocycles. The Balaban J connectivity index is 2.24. The van der Waals surface area contributed by atoms with Crippen LogP contribution >= 0.6 is 0 Å². The summed E-state index contributed by atoms with van der Waals surface area (Å²) in [6.45, 7) is 3.67. The van der Waals surface area contributed by atoms with Gasteiger partial charge in [0.15, 0.2) is 0 Å².